The molecule has 0 amide bonds. The Labute approximate surface area is 184 Å². The summed E-state index contributed by atoms with van der Waals surface area (Å²) in [7, 11) is 0. The first kappa shape index (κ1) is 20.5. The quantitative estimate of drug-likeness (QED) is 0.541. The number of hydrogen-bond donors (Lipinski definition) is 1. The largest absolute Gasteiger partial charge is 0.462 e. The zero-order valence-electron chi connectivity index (χ0n) is 17.7. The van der Waals surface area contributed by atoms with Crippen LogP contribution >= 0.6 is 11.6 Å². The summed E-state index contributed by atoms with van der Waals surface area (Å²) in [5.74, 6) is 0.911. The summed E-state index contributed by atoms with van der Waals surface area (Å²) in [6.45, 7) is 3.48. The Bertz CT molecular complexity index is 1070. The normalized spacial score (nSPS) is 31.2. The van der Waals surface area contributed by atoms with Gasteiger partial charge >= 0.3 is 11.9 Å². The number of alkyl halides is 1. The molecule has 2 heterocycles. The number of halogens is 1. The molecule has 4 aliphatic rings. The van der Waals surface area contributed by atoms with E-state index in [1.165, 1.54) is 6.42 Å². The Kier molecular flexibility index (Phi) is 4.70. The molecule has 2 atom stereocenters. The molecule has 0 saturated heterocycles. The fourth-order valence-electron chi connectivity index (χ4n) is 6.37. The average Bonchev–Trinajstić information content (AvgIpc) is 3.00. The molecule has 9 heteroatoms. The number of hydrogen-bond acceptors (Lipinski definition) is 8. The summed E-state index contributed by atoms with van der Waals surface area (Å²) < 4.78 is 16.4. The first-order valence-corrected chi connectivity index (χ1v) is 11.2. The van der Waals surface area contributed by atoms with Crippen molar-refractivity contribution in [1.82, 2.24) is 9.97 Å². The van der Waals surface area contributed by atoms with Gasteiger partial charge in [-0.2, -0.15) is 4.98 Å². The van der Waals surface area contributed by atoms with Gasteiger partial charge in [0.1, 0.15) is 17.1 Å². The van der Waals surface area contributed by atoms with Crippen LogP contribution in [0.2, 0.25) is 0 Å². The van der Waals surface area contributed by atoms with Gasteiger partial charge in [-0.15, -0.1) is 11.6 Å². The summed E-state index contributed by atoms with van der Waals surface area (Å²) in [6.07, 6.45) is 5.53. The topological polar surface area (TPSA) is 118 Å². The standard InChI is InChI=1S/C22H26ClN3O5/c1-3-29-19(27)15-11(2)31-18-16(15)17(24)25-14(26-18)9-30-20(28)21-5-12-4-13(6-21)8-22(23,7-12)10-21/h12-13H,3-10H2,1-2H3,(H2,24,25,26). The van der Waals surface area contributed by atoms with Crippen molar-refractivity contribution in [1.29, 1.82) is 0 Å². The van der Waals surface area contributed by atoms with Crippen LogP contribution in [0.15, 0.2) is 4.42 Å². The van der Waals surface area contributed by atoms with Crippen LogP contribution < -0.4 is 5.73 Å². The smallest absolute Gasteiger partial charge is 0.342 e. The number of aryl methyl sites for hydroxylation is 1. The highest BCUT2D eigenvalue weighted by molar-refractivity contribution is 6.24. The number of aromatic nitrogens is 2. The Balaban J connectivity index is 1.36. The SMILES string of the molecule is CCOC(=O)c1c(C)oc2nc(COC(=O)C34CC5CC(CC(Cl)(C5)C3)C4)nc(N)c12. The first-order valence-electron chi connectivity index (χ1n) is 10.8. The summed E-state index contributed by atoms with van der Waals surface area (Å²) in [5.41, 5.74) is 5.99. The van der Waals surface area contributed by atoms with Crippen LogP contribution in [-0.2, 0) is 20.9 Å². The lowest BCUT2D eigenvalue weighted by Crippen LogP contribution is -2.56. The van der Waals surface area contributed by atoms with Crippen molar-refractivity contribution in [2.45, 2.75) is 63.9 Å². The van der Waals surface area contributed by atoms with Crippen molar-refractivity contribution in [2.75, 3.05) is 12.3 Å². The van der Waals surface area contributed by atoms with E-state index < -0.39 is 11.4 Å². The number of nitrogens with two attached hydrogens (primary N) is 1. The molecule has 4 bridgehead atoms. The van der Waals surface area contributed by atoms with E-state index in [2.05, 4.69) is 9.97 Å². The maximum absolute atomic E-state index is 13.1. The van der Waals surface area contributed by atoms with Crippen molar-refractivity contribution in [3.63, 3.8) is 0 Å². The second-order valence-electron chi connectivity index (χ2n) is 9.43. The maximum Gasteiger partial charge on any atom is 0.342 e. The molecule has 0 aliphatic heterocycles. The molecule has 4 aliphatic carbocycles. The summed E-state index contributed by atoms with van der Waals surface area (Å²) in [5, 5.41) is 0.316. The van der Waals surface area contributed by atoms with E-state index in [1.54, 1.807) is 13.8 Å². The van der Waals surface area contributed by atoms with Gasteiger partial charge in [0.2, 0.25) is 5.71 Å². The van der Waals surface area contributed by atoms with Crippen LogP contribution in [-0.4, -0.2) is 33.4 Å². The zero-order valence-corrected chi connectivity index (χ0v) is 18.5. The van der Waals surface area contributed by atoms with E-state index >= 15 is 0 Å². The molecule has 4 fully saturated rings. The predicted octanol–water partition coefficient (Wildman–Crippen LogP) is 3.91. The van der Waals surface area contributed by atoms with E-state index in [0.29, 0.717) is 29.4 Å². The van der Waals surface area contributed by atoms with Crippen LogP contribution in [0.3, 0.4) is 0 Å². The van der Waals surface area contributed by atoms with E-state index in [9.17, 15) is 9.59 Å². The van der Waals surface area contributed by atoms with E-state index in [1.807, 2.05) is 0 Å². The zero-order chi connectivity index (χ0) is 22.0. The second kappa shape index (κ2) is 7.08. The molecule has 0 aromatic carbocycles. The molecule has 8 nitrogen and oxygen atoms in total. The Morgan fingerprint density at radius 2 is 1.90 bits per heavy atom. The van der Waals surface area contributed by atoms with Gasteiger partial charge in [-0.1, -0.05) is 0 Å². The highest BCUT2D eigenvalue weighted by Crippen LogP contribution is 2.64. The van der Waals surface area contributed by atoms with Crippen LogP contribution in [0, 0.1) is 24.2 Å². The molecular weight excluding hydrogens is 422 g/mol. The minimum atomic E-state index is -0.537. The molecule has 31 heavy (non-hydrogen) atoms. The molecule has 0 radical (unpaired) electrons. The van der Waals surface area contributed by atoms with Gasteiger partial charge in [-0.05, 0) is 64.2 Å². The third-order valence-corrected chi connectivity index (χ3v) is 7.48. The minimum Gasteiger partial charge on any atom is -0.462 e. The summed E-state index contributed by atoms with van der Waals surface area (Å²) >= 11 is 6.83. The highest BCUT2D eigenvalue weighted by atomic mass is 35.5. The number of fused-ring (bicyclic) bond motifs is 1. The number of anilines is 1. The Hall–Kier alpha value is -2.35. The number of furan rings is 1. The molecule has 2 N–H and O–H groups in total. The molecule has 0 spiro atoms. The number of carbonyl (C=O) groups is 2. The fourth-order valence-corrected chi connectivity index (χ4v) is 7.06. The Morgan fingerprint density at radius 3 is 2.55 bits per heavy atom. The number of carbonyl (C=O) groups excluding carboxylic acids is 2. The van der Waals surface area contributed by atoms with E-state index in [0.717, 1.165) is 25.7 Å². The second-order valence-corrected chi connectivity index (χ2v) is 10.2. The van der Waals surface area contributed by atoms with Crippen molar-refractivity contribution >= 4 is 40.5 Å². The van der Waals surface area contributed by atoms with Gasteiger partial charge in [-0.3, -0.25) is 4.79 Å². The molecular formula is C22H26ClN3O5. The van der Waals surface area contributed by atoms with Gasteiger partial charge in [0.05, 0.1) is 17.4 Å². The monoisotopic (exact) mass is 447 g/mol. The van der Waals surface area contributed by atoms with Crippen LogP contribution in [0.5, 0.6) is 0 Å². The maximum atomic E-state index is 13.1. The molecule has 2 aromatic rings. The lowest BCUT2D eigenvalue weighted by Gasteiger charge is -2.58. The number of nitrogen functional groups attached to an aromatic ring is 1. The van der Waals surface area contributed by atoms with Crippen molar-refractivity contribution in [3.8, 4) is 0 Å². The first-order chi connectivity index (χ1) is 14.7. The number of nitrogens with zero attached hydrogens (tertiary/aromatic N) is 2. The summed E-state index contributed by atoms with van der Waals surface area (Å²) in [6, 6.07) is 0. The highest BCUT2D eigenvalue weighted by Gasteiger charge is 2.60. The van der Waals surface area contributed by atoms with Gasteiger partial charge in [0.25, 0.3) is 0 Å². The molecule has 4 saturated carbocycles. The number of esters is 2. The molecule has 2 unspecified atom stereocenters. The lowest BCUT2D eigenvalue weighted by atomic mass is 9.49. The minimum absolute atomic E-state index is 0.0884. The average molecular weight is 448 g/mol. The third kappa shape index (κ3) is 3.35. The van der Waals surface area contributed by atoms with Crippen molar-refractivity contribution in [3.05, 3.63) is 17.1 Å². The predicted molar refractivity (Wildman–Crippen MR) is 112 cm³/mol. The van der Waals surface area contributed by atoms with Gasteiger partial charge in [-0.25, -0.2) is 9.78 Å². The number of ether oxygens (including phenoxy) is 2. The van der Waals surface area contributed by atoms with Crippen molar-refractivity contribution in [2.24, 2.45) is 17.3 Å². The van der Waals surface area contributed by atoms with Gasteiger partial charge in [0, 0.05) is 4.87 Å². The van der Waals surface area contributed by atoms with Crippen LogP contribution in [0.25, 0.3) is 11.1 Å². The van der Waals surface area contributed by atoms with Crippen LogP contribution in [0.1, 0.15) is 67.4 Å². The van der Waals surface area contributed by atoms with Gasteiger partial charge < -0.3 is 19.6 Å². The van der Waals surface area contributed by atoms with E-state index in [-0.39, 0.29) is 47.0 Å². The molecule has 166 valence electrons. The lowest BCUT2D eigenvalue weighted by molar-refractivity contribution is -0.171. The van der Waals surface area contributed by atoms with E-state index in [4.69, 9.17) is 31.2 Å². The fraction of sp³-hybridized carbons (Fsp3) is 0.636. The number of rotatable bonds is 5. The Morgan fingerprint density at radius 1 is 1.19 bits per heavy atom. The molecule has 2 aromatic heterocycles. The third-order valence-electron chi connectivity index (χ3n) is 7.04. The summed E-state index contributed by atoms with van der Waals surface area (Å²) in [4.78, 5) is 33.7. The molecule has 6 rings (SSSR count). The van der Waals surface area contributed by atoms with Gasteiger partial charge in [0.15, 0.2) is 12.4 Å². The van der Waals surface area contributed by atoms with Crippen LogP contribution in [0.4, 0.5) is 5.82 Å². The van der Waals surface area contributed by atoms with Crippen molar-refractivity contribution < 1.29 is 23.5 Å².